The van der Waals surface area contributed by atoms with E-state index in [-0.39, 0.29) is 24.3 Å². The lowest BCUT2D eigenvalue weighted by Crippen LogP contribution is -2.29. The summed E-state index contributed by atoms with van der Waals surface area (Å²) in [6, 6.07) is 10.6. The van der Waals surface area contributed by atoms with Gasteiger partial charge in [0, 0.05) is 31.9 Å². The monoisotopic (exact) mass is 527 g/mol. The van der Waals surface area contributed by atoms with Crippen molar-refractivity contribution >= 4 is 33.2 Å². The molecule has 0 spiro atoms. The molecule has 36 heavy (non-hydrogen) atoms. The minimum atomic E-state index is -3.94. The smallest absolute Gasteiger partial charge is 0.333 e. The van der Waals surface area contributed by atoms with Gasteiger partial charge in [-0.3, -0.25) is 13.9 Å². The highest BCUT2D eigenvalue weighted by Crippen LogP contribution is 2.30. The number of nitrogens with two attached hydrogens (primary N) is 1. The average molecular weight is 528 g/mol. The number of rotatable bonds is 9. The first kappa shape index (κ1) is 25.0. The van der Waals surface area contributed by atoms with Crippen LogP contribution in [0.2, 0.25) is 0 Å². The average Bonchev–Trinajstić information content (AvgIpc) is 3.52. The summed E-state index contributed by atoms with van der Waals surface area (Å²) in [6.07, 6.45) is 6.34. The van der Waals surface area contributed by atoms with E-state index < -0.39 is 10.3 Å². The lowest BCUT2D eigenvalue weighted by Gasteiger charge is -2.28. The Labute approximate surface area is 215 Å². The topological polar surface area (TPSA) is 128 Å². The van der Waals surface area contributed by atoms with Crippen LogP contribution in [0.1, 0.15) is 51.2 Å². The third-order valence-electron chi connectivity index (χ3n) is 6.80. The molecule has 5 rings (SSSR count). The molecule has 11 heteroatoms. The van der Waals surface area contributed by atoms with Gasteiger partial charge in [-0.15, -0.1) is 11.3 Å². The molecule has 0 radical (unpaired) electrons. The first-order valence-corrected chi connectivity index (χ1v) is 14.3. The largest absolute Gasteiger partial charge is 0.367 e. The highest BCUT2D eigenvalue weighted by molar-refractivity contribution is 7.84. The summed E-state index contributed by atoms with van der Waals surface area (Å²) in [6.45, 7) is 2.79. The van der Waals surface area contributed by atoms with E-state index in [4.69, 9.17) is 9.32 Å². The van der Waals surface area contributed by atoms with E-state index in [1.54, 1.807) is 6.20 Å². The van der Waals surface area contributed by atoms with Crippen LogP contribution < -0.4 is 10.5 Å². The predicted octanol–water partition coefficient (Wildman–Crippen LogP) is 3.13. The maximum atomic E-state index is 13.4. The third-order valence-corrected chi connectivity index (χ3v) is 8.24. The summed E-state index contributed by atoms with van der Waals surface area (Å²) in [5.74, 6) is 0.462. The number of nitrogens with zero attached hydrogens (tertiary/aromatic N) is 3. The van der Waals surface area contributed by atoms with Crippen molar-refractivity contribution in [2.75, 3.05) is 18.5 Å². The summed E-state index contributed by atoms with van der Waals surface area (Å²) < 4.78 is 26.9. The summed E-state index contributed by atoms with van der Waals surface area (Å²) in [5.41, 5.74) is 4.35. The molecule has 0 saturated heterocycles. The number of benzene rings is 1. The summed E-state index contributed by atoms with van der Waals surface area (Å²) in [5, 5.41) is 10.3. The van der Waals surface area contributed by atoms with Crippen molar-refractivity contribution in [1.29, 1.82) is 0 Å². The number of carbonyl (C=O) groups excluding carboxylic acids is 1. The van der Waals surface area contributed by atoms with E-state index >= 15 is 0 Å². The van der Waals surface area contributed by atoms with Crippen molar-refractivity contribution in [1.82, 2.24) is 14.9 Å². The zero-order chi connectivity index (χ0) is 25.1. The van der Waals surface area contributed by atoms with Gasteiger partial charge in [0.1, 0.15) is 12.1 Å². The van der Waals surface area contributed by atoms with Crippen LogP contribution in [-0.2, 0) is 34.0 Å². The van der Waals surface area contributed by atoms with Crippen LogP contribution in [0.4, 0.5) is 5.82 Å². The van der Waals surface area contributed by atoms with Crippen LogP contribution in [-0.4, -0.2) is 48.3 Å². The summed E-state index contributed by atoms with van der Waals surface area (Å²) in [4.78, 5) is 24.8. The van der Waals surface area contributed by atoms with Crippen molar-refractivity contribution in [2.24, 2.45) is 11.1 Å². The van der Waals surface area contributed by atoms with E-state index in [1.807, 2.05) is 6.07 Å². The highest BCUT2D eigenvalue weighted by atomic mass is 32.2. The number of nitrogens with one attached hydrogen (secondary N) is 1. The Hall–Kier alpha value is -2.70. The Morgan fingerprint density at radius 3 is 2.92 bits per heavy atom. The Morgan fingerprint density at radius 1 is 1.25 bits per heavy atom. The number of aromatic nitrogens is 2. The van der Waals surface area contributed by atoms with E-state index in [2.05, 4.69) is 49.8 Å². The SMILES string of the molecule is NS(=O)(=O)OC[C@@H]1CC[C@H](Nc2ncncc2C(=O)c2cc(CN3CCc4ccccc4C3)cs2)C1. The van der Waals surface area contributed by atoms with E-state index in [0.717, 1.165) is 44.5 Å². The molecular weight excluding hydrogens is 498 g/mol. The Morgan fingerprint density at radius 2 is 2.08 bits per heavy atom. The zero-order valence-corrected chi connectivity index (χ0v) is 21.4. The van der Waals surface area contributed by atoms with Crippen LogP contribution >= 0.6 is 11.3 Å². The molecule has 0 amide bonds. The first-order chi connectivity index (χ1) is 17.3. The van der Waals surface area contributed by atoms with Gasteiger partial charge >= 0.3 is 10.3 Å². The van der Waals surface area contributed by atoms with Crippen LogP contribution in [0.5, 0.6) is 0 Å². The number of fused-ring (bicyclic) bond motifs is 1. The summed E-state index contributed by atoms with van der Waals surface area (Å²) >= 11 is 1.44. The minimum Gasteiger partial charge on any atom is -0.367 e. The van der Waals surface area contributed by atoms with Gasteiger partial charge in [0.25, 0.3) is 0 Å². The summed E-state index contributed by atoms with van der Waals surface area (Å²) in [7, 11) is -3.94. The molecule has 1 aromatic carbocycles. The van der Waals surface area contributed by atoms with Gasteiger partial charge in [0.2, 0.25) is 5.78 Å². The van der Waals surface area contributed by atoms with E-state index in [1.165, 1.54) is 28.8 Å². The van der Waals surface area contributed by atoms with E-state index in [0.29, 0.717) is 22.7 Å². The van der Waals surface area contributed by atoms with Crippen molar-refractivity contribution in [2.45, 2.75) is 44.8 Å². The quantitative estimate of drug-likeness (QED) is 0.406. The molecule has 1 saturated carbocycles. The van der Waals surface area contributed by atoms with Crippen molar-refractivity contribution in [3.63, 3.8) is 0 Å². The second-order valence-electron chi connectivity index (χ2n) is 9.46. The fraction of sp³-hybridized carbons (Fsp3) is 0.400. The second kappa shape index (κ2) is 10.7. The number of anilines is 1. The third kappa shape index (κ3) is 6.16. The number of ketones is 1. The van der Waals surface area contributed by atoms with Crippen LogP contribution in [0, 0.1) is 5.92 Å². The molecular formula is C25H29N5O4S2. The molecule has 0 unspecified atom stereocenters. The van der Waals surface area contributed by atoms with Crippen LogP contribution in [0.3, 0.4) is 0 Å². The van der Waals surface area contributed by atoms with Gasteiger partial charge < -0.3 is 5.32 Å². The van der Waals surface area contributed by atoms with Gasteiger partial charge in [-0.05, 0) is 59.7 Å². The number of hydrogen-bond donors (Lipinski definition) is 2. The normalized spacial score (nSPS) is 20.2. The molecule has 0 bridgehead atoms. The maximum Gasteiger partial charge on any atom is 0.333 e. The minimum absolute atomic E-state index is 0.0569. The maximum absolute atomic E-state index is 13.4. The van der Waals surface area contributed by atoms with Crippen molar-refractivity contribution in [3.05, 3.63) is 75.4 Å². The van der Waals surface area contributed by atoms with Crippen LogP contribution in [0.25, 0.3) is 0 Å². The first-order valence-electron chi connectivity index (χ1n) is 12.0. The standard InChI is InChI=1S/C25H29N5O4S2/c26-36(32,33)34-14-17-5-6-21(9-17)29-25-22(11-27-16-28-25)24(31)23-10-18(15-35-23)12-30-8-7-19-3-1-2-4-20(19)13-30/h1-4,10-11,15-17,21H,5-9,12-14H2,(H2,26,32,33)(H,27,28,29)/t17-,21+/m1/s1. The molecule has 190 valence electrons. The van der Waals surface area contributed by atoms with Gasteiger partial charge in [-0.2, -0.15) is 8.42 Å². The molecule has 3 aromatic rings. The Balaban J connectivity index is 1.21. The lowest BCUT2D eigenvalue weighted by molar-refractivity contribution is 0.104. The molecule has 2 aromatic heterocycles. The molecule has 3 heterocycles. The number of thiophene rings is 1. The van der Waals surface area contributed by atoms with Crippen molar-refractivity contribution < 1.29 is 17.4 Å². The molecule has 9 nitrogen and oxygen atoms in total. The second-order valence-corrected chi connectivity index (χ2v) is 11.6. The van der Waals surface area contributed by atoms with Gasteiger partial charge in [-0.1, -0.05) is 24.3 Å². The molecule has 1 fully saturated rings. The molecule has 2 atom stereocenters. The molecule has 1 aliphatic heterocycles. The van der Waals surface area contributed by atoms with Crippen molar-refractivity contribution in [3.8, 4) is 0 Å². The number of carbonyl (C=O) groups is 1. The van der Waals surface area contributed by atoms with Gasteiger partial charge in [-0.25, -0.2) is 15.1 Å². The molecule has 3 N–H and O–H groups in total. The fourth-order valence-corrected chi connectivity index (χ4v) is 6.25. The lowest BCUT2D eigenvalue weighted by atomic mass is 10.00. The predicted molar refractivity (Wildman–Crippen MR) is 138 cm³/mol. The zero-order valence-electron chi connectivity index (χ0n) is 19.8. The Bertz CT molecular complexity index is 1340. The molecule has 1 aliphatic carbocycles. The fourth-order valence-electron chi connectivity index (χ4n) is 5.01. The van der Waals surface area contributed by atoms with E-state index in [9.17, 15) is 13.2 Å². The van der Waals surface area contributed by atoms with Gasteiger partial charge in [0.05, 0.1) is 17.0 Å². The Kier molecular flexibility index (Phi) is 7.44. The molecule has 2 aliphatic rings. The van der Waals surface area contributed by atoms with Gasteiger partial charge in [0.15, 0.2) is 0 Å². The van der Waals surface area contributed by atoms with Crippen LogP contribution in [0.15, 0.2) is 48.2 Å². The highest BCUT2D eigenvalue weighted by Gasteiger charge is 2.28. The number of hydrogen-bond acceptors (Lipinski definition) is 9.